The number of likely N-dealkylation sites (tertiary alicyclic amines) is 1. The van der Waals surface area contributed by atoms with Crippen LogP contribution in [0.25, 0.3) is 0 Å². The zero-order valence-electron chi connectivity index (χ0n) is 10.7. The molecule has 1 aliphatic heterocycles. The van der Waals surface area contributed by atoms with E-state index >= 15 is 0 Å². The molecule has 15 heavy (non-hydrogen) atoms. The average Bonchev–Trinajstić information content (AvgIpc) is 2.38. The Labute approximate surface area is 94.5 Å². The summed E-state index contributed by atoms with van der Waals surface area (Å²) in [5.41, 5.74) is 6.57. The van der Waals surface area contributed by atoms with Crippen LogP contribution in [0.4, 0.5) is 0 Å². The van der Waals surface area contributed by atoms with Crippen molar-refractivity contribution < 1.29 is 0 Å². The van der Waals surface area contributed by atoms with E-state index in [0.29, 0.717) is 6.04 Å². The van der Waals surface area contributed by atoms with Gasteiger partial charge < -0.3 is 5.73 Å². The fourth-order valence-electron chi connectivity index (χ4n) is 2.93. The van der Waals surface area contributed by atoms with Crippen LogP contribution in [0, 0.1) is 0 Å². The second-order valence-corrected chi connectivity index (χ2v) is 6.07. The van der Waals surface area contributed by atoms with Gasteiger partial charge in [0.05, 0.1) is 0 Å². The molecule has 0 aromatic heterocycles. The highest BCUT2D eigenvalue weighted by molar-refractivity contribution is 5.03. The first kappa shape index (κ1) is 12.7. The normalized spacial score (nSPS) is 33.3. The lowest BCUT2D eigenvalue weighted by Gasteiger charge is -2.44. The van der Waals surface area contributed by atoms with Crippen molar-refractivity contribution in [2.24, 2.45) is 5.73 Å². The molecular weight excluding hydrogens is 184 g/mol. The lowest BCUT2D eigenvalue weighted by atomic mass is 9.88. The first-order valence-corrected chi connectivity index (χ1v) is 5.94. The van der Waals surface area contributed by atoms with Gasteiger partial charge in [-0.25, -0.2) is 0 Å². The molecule has 1 aliphatic rings. The minimum Gasteiger partial charge on any atom is -0.326 e. The van der Waals surface area contributed by atoms with Gasteiger partial charge in [-0.05, 0) is 47.0 Å². The van der Waals surface area contributed by atoms with E-state index in [2.05, 4.69) is 39.2 Å². The highest BCUT2D eigenvalue weighted by Gasteiger charge is 2.44. The Kier molecular flexibility index (Phi) is 3.62. The topological polar surface area (TPSA) is 29.3 Å². The molecule has 0 bridgehead atoms. The highest BCUT2D eigenvalue weighted by atomic mass is 15.3. The van der Waals surface area contributed by atoms with Gasteiger partial charge in [-0.2, -0.15) is 0 Å². The summed E-state index contributed by atoms with van der Waals surface area (Å²) in [6.07, 6.45) is 5.37. The average molecular weight is 210 g/mol. The number of rotatable bonds is 3. The predicted molar refractivity (Wildman–Crippen MR) is 66.9 cm³/mol. The molecule has 0 saturated carbocycles. The first-order valence-electron chi connectivity index (χ1n) is 5.94. The molecule has 0 aromatic rings. The molecule has 88 valence electrons. The van der Waals surface area contributed by atoms with Crippen LogP contribution in [-0.4, -0.2) is 28.6 Å². The lowest BCUT2D eigenvalue weighted by molar-refractivity contribution is 0.0499. The maximum Gasteiger partial charge on any atom is 0.0205 e. The van der Waals surface area contributed by atoms with Crippen molar-refractivity contribution in [2.75, 3.05) is 6.54 Å². The molecule has 2 N–H and O–H groups in total. The second kappa shape index (κ2) is 4.26. The van der Waals surface area contributed by atoms with Gasteiger partial charge in [0.1, 0.15) is 0 Å². The predicted octanol–water partition coefficient (Wildman–Crippen LogP) is 2.54. The Morgan fingerprint density at radius 2 is 2.13 bits per heavy atom. The van der Waals surface area contributed by atoms with Crippen molar-refractivity contribution in [1.29, 1.82) is 0 Å². The Bertz CT molecular complexity index is 229. The molecule has 1 rings (SSSR count). The zero-order chi connectivity index (χ0) is 11.7. The van der Waals surface area contributed by atoms with E-state index in [-0.39, 0.29) is 11.1 Å². The minimum atomic E-state index is 0.212. The van der Waals surface area contributed by atoms with Crippen molar-refractivity contribution in [3.63, 3.8) is 0 Å². The van der Waals surface area contributed by atoms with Crippen molar-refractivity contribution in [1.82, 2.24) is 4.90 Å². The minimum absolute atomic E-state index is 0.212. The van der Waals surface area contributed by atoms with Crippen LogP contribution in [-0.2, 0) is 0 Å². The summed E-state index contributed by atoms with van der Waals surface area (Å²) in [7, 11) is 0. The third kappa shape index (κ3) is 2.82. The zero-order valence-corrected chi connectivity index (χ0v) is 10.7. The van der Waals surface area contributed by atoms with Gasteiger partial charge >= 0.3 is 0 Å². The Balaban J connectivity index is 2.79. The molecule has 2 unspecified atom stereocenters. The van der Waals surface area contributed by atoms with Gasteiger partial charge in [-0.1, -0.05) is 6.08 Å². The van der Waals surface area contributed by atoms with Gasteiger partial charge in [-0.3, -0.25) is 4.90 Å². The summed E-state index contributed by atoms with van der Waals surface area (Å²) < 4.78 is 0. The molecule has 2 nitrogen and oxygen atoms in total. The number of nitrogens with two attached hydrogens (primary N) is 1. The summed E-state index contributed by atoms with van der Waals surface area (Å²) in [5.74, 6) is 0. The van der Waals surface area contributed by atoms with Crippen LogP contribution in [0.3, 0.4) is 0 Å². The SMILES string of the molecule is C=CCCC1(C)CC(N)CN1C(C)(C)C. The summed E-state index contributed by atoms with van der Waals surface area (Å²) in [5, 5.41) is 0. The van der Waals surface area contributed by atoms with Gasteiger partial charge in [0.15, 0.2) is 0 Å². The molecule has 1 saturated heterocycles. The fourth-order valence-corrected chi connectivity index (χ4v) is 2.93. The monoisotopic (exact) mass is 210 g/mol. The molecule has 2 atom stereocenters. The molecule has 0 spiro atoms. The van der Waals surface area contributed by atoms with Gasteiger partial charge in [-0.15, -0.1) is 6.58 Å². The van der Waals surface area contributed by atoms with E-state index in [0.717, 1.165) is 19.4 Å². The van der Waals surface area contributed by atoms with Crippen LogP contribution >= 0.6 is 0 Å². The van der Waals surface area contributed by atoms with Gasteiger partial charge in [0, 0.05) is 23.7 Å². The Hall–Kier alpha value is -0.340. The summed E-state index contributed by atoms with van der Waals surface area (Å²) in [6.45, 7) is 14.0. The third-order valence-corrected chi connectivity index (χ3v) is 3.47. The maximum atomic E-state index is 6.10. The summed E-state index contributed by atoms with van der Waals surface area (Å²) in [6, 6.07) is 0.332. The molecule has 0 aliphatic carbocycles. The molecule has 1 heterocycles. The second-order valence-electron chi connectivity index (χ2n) is 6.07. The molecule has 1 fully saturated rings. The standard InChI is InChI=1S/C13H26N2/c1-6-7-8-13(5)9-11(14)10-15(13)12(2,3)4/h6,11H,1,7-10,14H2,2-5H3. The Morgan fingerprint density at radius 3 is 2.60 bits per heavy atom. The van der Waals surface area contributed by atoms with Crippen molar-refractivity contribution in [2.45, 2.75) is 64.1 Å². The number of hydrogen-bond donors (Lipinski definition) is 1. The van der Waals surface area contributed by atoms with E-state index in [1.165, 1.54) is 6.42 Å². The van der Waals surface area contributed by atoms with E-state index < -0.39 is 0 Å². The lowest BCUT2D eigenvalue weighted by Crippen LogP contribution is -2.51. The largest absolute Gasteiger partial charge is 0.326 e. The van der Waals surface area contributed by atoms with E-state index in [4.69, 9.17) is 5.73 Å². The van der Waals surface area contributed by atoms with Crippen LogP contribution in [0.2, 0.25) is 0 Å². The number of hydrogen-bond acceptors (Lipinski definition) is 2. The summed E-state index contributed by atoms with van der Waals surface area (Å²) >= 11 is 0. The quantitative estimate of drug-likeness (QED) is 0.725. The van der Waals surface area contributed by atoms with Crippen molar-refractivity contribution in [3.05, 3.63) is 12.7 Å². The van der Waals surface area contributed by atoms with Crippen LogP contribution < -0.4 is 5.73 Å². The fraction of sp³-hybridized carbons (Fsp3) is 0.846. The number of allylic oxidation sites excluding steroid dienone is 1. The molecule has 0 radical (unpaired) electrons. The van der Waals surface area contributed by atoms with Gasteiger partial charge in [0.25, 0.3) is 0 Å². The third-order valence-electron chi connectivity index (χ3n) is 3.47. The number of nitrogens with zero attached hydrogens (tertiary/aromatic N) is 1. The van der Waals surface area contributed by atoms with Crippen molar-refractivity contribution >= 4 is 0 Å². The highest BCUT2D eigenvalue weighted by Crippen LogP contribution is 2.37. The van der Waals surface area contributed by atoms with Crippen LogP contribution in [0.5, 0.6) is 0 Å². The smallest absolute Gasteiger partial charge is 0.0205 e. The molecule has 2 heteroatoms. The van der Waals surface area contributed by atoms with E-state index in [1.807, 2.05) is 6.08 Å². The first-order chi connectivity index (χ1) is 6.79. The van der Waals surface area contributed by atoms with E-state index in [1.54, 1.807) is 0 Å². The molecular formula is C13H26N2. The van der Waals surface area contributed by atoms with Gasteiger partial charge in [0.2, 0.25) is 0 Å². The summed E-state index contributed by atoms with van der Waals surface area (Å²) in [4.78, 5) is 2.56. The van der Waals surface area contributed by atoms with E-state index in [9.17, 15) is 0 Å². The molecule has 0 amide bonds. The maximum absolute atomic E-state index is 6.10. The Morgan fingerprint density at radius 1 is 1.53 bits per heavy atom. The molecule has 0 aromatic carbocycles. The van der Waals surface area contributed by atoms with Crippen LogP contribution in [0.15, 0.2) is 12.7 Å². The van der Waals surface area contributed by atoms with Crippen LogP contribution in [0.1, 0.15) is 47.0 Å². The van der Waals surface area contributed by atoms with Crippen molar-refractivity contribution in [3.8, 4) is 0 Å².